The van der Waals surface area contributed by atoms with Crippen LogP contribution in [0.4, 0.5) is 4.79 Å². The molecule has 1 saturated heterocycles. The Labute approximate surface area is 82.5 Å². The number of ether oxygens (including phenoxy) is 3. The van der Waals surface area contributed by atoms with Crippen LogP contribution in [0.5, 0.6) is 0 Å². The topological polar surface area (TPSA) is 70.8 Å². The summed E-state index contributed by atoms with van der Waals surface area (Å²) in [5.41, 5.74) is 5.00. The molecule has 1 amide bonds. The average molecular weight is 201 g/mol. The molecule has 0 bridgehead atoms. The second kappa shape index (κ2) is 3.74. The molecule has 0 aromatic heterocycles. The average Bonchev–Trinajstić information content (AvgIpc) is 2.58. The highest BCUT2D eigenvalue weighted by Crippen LogP contribution is 2.37. The Hall–Kier alpha value is -0.810. The van der Waals surface area contributed by atoms with Crippen molar-refractivity contribution in [2.45, 2.75) is 37.6 Å². The van der Waals surface area contributed by atoms with E-state index < -0.39 is 11.9 Å². The lowest BCUT2D eigenvalue weighted by molar-refractivity contribution is -0.234. The number of nitrogens with two attached hydrogens (primary N) is 1. The van der Waals surface area contributed by atoms with Gasteiger partial charge in [0.05, 0.1) is 13.2 Å². The molecule has 1 aliphatic heterocycles. The lowest BCUT2D eigenvalue weighted by Gasteiger charge is -2.37. The van der Waals surface area contributed by atoms with Crippen molar-refractivity contribution in [1.29, 1.82) is 0 Å². The van der Waals surface area contributed by atoms with Gasteiger partial charge in [0.15, 0.2) is 6.10 Å². The zero-order chi connectivity index (χ0) is 10.0. The highest BCUT2D eigenvalue weighted by atomic mass is 16.8. The van der Waals surface area contributed by atoms with E-state index in [1.165, 1.54) is 0 Å². The largest absolute Gasteiger partial charge is 0.441 e. The molecule has 5 heteroatoms. The summed E-state index contributed by atoms with van der Waals surface area (Å²) in [5.74, 6) is -0.701. The Morgan fingerprint density at radius 2 is 2.07 bits per heavy atom. The lowest BCUT2D eigenvalue weighted by Crippen LogP contribution is -2.48. The number of carbonyl (C=O) groups is 1. The van der Waals surface area contributed by atoms with Crippen LogP contribution in [0.25, 0.3) is 0 Å². The molecule has 0 radical (unpaired) electrons. The van der Waals surface area contributed by atoms with E-state index in [0.29, 0.717) is 13.2 Å². The monoisotopic (exact) mass is 201 g/mol. The van der Waals surface area contributed by atoms with Crippen LogP contribution in [0.2, 0.25) is 0 Å². The van der Waals surface area contributed by atoms with Gasteiger partial charge >= 0.3 is 6.09 Å². The van der Waals surface area contributed by atoms with Gasteiger partial charge in [0.1, 0.15) is 0 Å². The van der Waals surface area contributed by atoms with E-state index in [1.807, 2.05) is 0 Å². The molecule has 80 valence electrons. The quantitative estimate of drug-likeness (QED) is 0.680. The summed E-state index contributed by atoms with van der Waals surface area (Å²) in [4.78, 5) is 10.7. The second-order valence-corrected chi connectivity index (χ2v) is 3.68. The minimum absolute atomic E-state index is 0.337. The number of hydrogen-bond acceptors (Lipinski definition) is 4. The van der Waals surface area contributed by atoms with E-state index in [9.17, 15) is 4.79 Å². The number of rotatable bonds is 1. The highest BCUT2D eigenvalue weighted by molar-refractivity contribution is 5.64. The van der Waals surface area contributed by atoms with Gasteiger partial charge in [-0.1, -0.05) is 0 Å². The first-order chi connectivity index (χ1) is 6.73. The van der Waals surface area contributed by atoms with Gasteiger partial charge in [-0.2, -0.15) is 0 Å². The van der Waals surface area contributed by atoms with Crippen molar-refractivity contribution in [1.82, 2.24) is 0 Å². The summed E-state index contributed by atoms with van der Waals surface area (Å²) in [7, 11) is 0. The molecule has 2 aliphatic rings. The Morgan fingerprint density at radius 1 is 1.36 bits per heavy atom. The van der Waals surface area contributed by atoms with Crippen LogP contribution in [-0.4, -0.2) is 31.2 Å². The zero-order valence-electron chi connectivity index (χ0n) is 8.03. The predicted molar refractivity (Wildman–Crippen MR) is 47.6 cm³/mol. The molecule has 1 unspecified atom stereocenters. The van der Waals surface area contributed by atoms with Crippen molar-refractivity contribution in [2.24, 2.45) is 5.73 Å². The van der Waals surface area contributed by atoms with Crippen LogP contribution in [0, 0.1) is 0 Å². The number of carbonyl (C=O) groups excluding carboxylic acids is 1. The maximum atomic E-state index is 10.7. The molecule has 1 atom stereocenters. The van der Waals surface area contributed by atoms with Crippen molar-refractivity contribution < 1.29 is 19.0 Å². The Morgan fingerprint density at radius 3 is 2.71 bits per heavy atom. The summed E-state index contributed by atoms with van der Waals surface area (Å²) < 4.78 is 16.1. The molecule has 0 aromatic carbocycles. The minimum Gasteiger partial charge on any atom is -0.441 e. The molecular weight excluding hydrogens is 186 g/mol. The number of amides is 1. The summed E-state index contributed by atoms with van der Waals surface area (Å²) >= 11 is 0. The second-order valence-electron chi connectivity index (χ2n) is 3.68. The summed E-state index contributed by atoms with van der Waals surface area (Å²) in [6, 6.07) is 0. The van der Waals surface area contributed by atoms with Crippen molar-refractivity contribution in [3.05, 3.63) is 0 Å². The van der Waals surface area contributed by atoms with Gasteiger partial charge in [0.2, 0.25) is 5.79 Å². The summed E-state index contributed by atoms with van der Waals surface area (Å²) in [6.07, 6.45) is 2.52. The van der Waals surface area contributed by atoms with Crippen LogP contribution in [0.1, 0.15) is 25.7 Å². The van der Waals surface area contributed by atoms with Gasteiger partial charge in [0, 0.05) is 6.42 Å². The van der Waals surface area contributed by atoms with E-state index in [0.717, 1.165) is 25.7 Å². The van der Waals surface area contributed by atoms with Crippen LogP contribution >= 0.6 is 0 Å². The van der Waals surface area contributed by atoms with Crippen LogP contribution in [0.3, 0.4) is 0 Å². The third kappa shape index (κ3) is 1.69. The van der Waals surface area contributed by atoms with E-state index in [4.69, 9.17) is 19.9 Å². The summed E-state index contributed by atoms with van der Waals surface area (Å²) in [6.45, 7) is 1.14. The molecule has 0 aromatic rings. The van der Waals surface area contributed by atoms with E-state index in [1.54, 1.807) is 0 Å². The standard InChI is InChI=1S/C9H15NO4/c10-8(11)14-7-3-1-2-4-9(7)12-5-6-13-9/h7H,1-6H2,(H2,10,11). The Bertz CT molecular complexity index is 225. The van der Waals surface area contributed by atoms with Crippen LogP contribution in [0.15, 0.2) is 0 Å². The van der Waals surface area contributed by atoms with Crippen molar-refractivity contribution in [3.63, 3.8) is 0 Å². The third-order valence-corrected chi connectivity index (χ3v) is 2.77. The molecule has 1 heterocycles. The molecule has 2 rings (SSSR count). The van der Waals surface area contributed by atoms with Gasteiger partial charge in [-0.05, 0) is 19.3 Å². The van der Waals surface area contributed by atoms with Gasteiger partial charge in [0.25, 0.3) is 0 Å². The third-order valence-electron chi connectivity index (χ3n) is 2.77. The van der Waals surface area contributed by atoms with Gasteiger partial charge in [-0.3, -0.25) is 0 Å². The molecule has 1 aliphatic carbocycles. The van der Waals surface area contributed by atoms with E-state index in [-0.39, 0.29) is 6.10 Å². The first-order valence-corrected chi connectivity index (χ1v) is 4.97. The van der Waals surface area contributed by atoms with Gasteiger partial charge < -0.3 is 19.9 Å². The maximum absolute atomic E-state index is 10.7. The Balaban J connectivity index is 2.06. The minimum atomic E-state index is -0.754. The summed E-state index contributed by atoms with van der Waals surface area (Å²) in [5, 5.41) is 0. The maximum Gasteiger partial charge on any atom is 0.404 e. The number of hydrogen-bond donors (Lipinski definition) is 1. The first-order valence-electron chi connectivity index (χ1n) is 4.97. The Kier molecular flexibility index (Phi) is 2.60. The van der Waals surface area contributed by atoms with Crippen molar-refractivity contribution >= 4 is 6.09 Å². The SMILES string of the molecule is NC(=O)OC1CCCCC12OCCO2. The van der Waals surface area contributed by atoms with E-state index >= 15 is 0 Å². The predicted octanol–water partition coefficient (Wildman–Crippen LogP) is 0.767. The molecule has 2 N–H and O–H groups in total. The normalized spacial score (nSPS) is 30.4. The molecule has 1 spiro atoms. The fourth-order valence-electron chi connectivity index (χ4n) is 2.17. The van der Waals surface area contributed by atoms with Gasteiger partial charge in [-0.15, -0.1) is 0 Å². The molecule has 14 heavy (non-hydrogen) atoms. The molecule has 2 fully saturated rings. The first kappa shape index (κ1) is 9.73. The molecule has 1 saturated carbocycles. The fourth-order valence-corrected chi connectivity index (χ4v) is 2.17. The van der Waals surface area contributed by atoms with Gasteiger partial charge in [-0.25, -0.2) is 4.79 Å². The highest BCUT2D eigenvalue weighted by Gasteiger charge is 2.48. The number of primary amides is 1. The van der Waals surface area contributed by atoms with Crippen LogP contribution < -0.4 is 5.73 Å². The smallest absolute Gasteiger partial charge is 0.404 e. The van der Waals surface area contributed by atoms with E-state index in [2.05, 4.69) is 0 Å². The molecule has 5 nitrogen and oxygen atoms in total. The van der Waals surface area contributed by atoms with Crippen LogP contribution in [-0.2, 0) is 14.2 Å². The zero-order valence-corrected chi connectivity index (χ0v) is 8.03. The van der Waals surface area contributed by atoms with Crippen molar-refractivity contribution in [2.75, 3.05) is 13.2 Å². The fraction of sp³-hybridized carbons (Fsp3) is 0.889. The molecular formula is C9H15NO4. The van der Waals surface area contributed by atoms with Crippen molar-refractivity contribution in [3.8, 4) is 0 Å². The lowest BCUT2D eigenvalue weighted by atomic mass is 9.91.